The lowest BCUT2D eigenvalue weighted by atomic mass is 9.79. The Kier molecular flexibility index (Phi) is 6.83. The smallest absolute Gasteiger partial charge is 0.306 e. The normalized spacial score (nSPS) is 27.2. The third kappa shape index (κ3) is 5.51. The van der Waals surface area contributed by atoms with Crippen LogP contribution in [0, 0.1) is 11.8 Å². The number of amides is 1. The number of rotatable bonds is 6. The predicted molar refractivity (Wildman–Crippen MR) is 84.4 cm³/mol. The van der Waals surface area contributed by atoms with Crippen LogP contribution in [0.15, 0.2) is 0 Å². The Hall–Kier alpha value is -0.750. The molecule has 5 nitrogen and oxygen atoms in total. The summed E-state index contributed by atoms with van der Waals surface area (Å²) in [7, 11) is 0. The summed E-state index contributed by atoms with van der Waals surface area (Å²) in [5.74, 6) is -0.346. The van der Waals surface area contributed by atoms with Gasteiger partial charge in [0.05, 0.1) is 11.7 Å². The summed E-state index contributed by atoms with van der Waals surface area (Å²) >= 11 is 1.73. The minimum absolute atomic E-state index is 0.0493. The maximum atomic E-state index is 11.9. The van der Waals surface area contributed by atoms with Gasteiger partial charge in [0.25, 0.3) is 0 Å². The fourth-order valence-electron chi connectivity index (χ4n) is 3.23. The maximum Gasteiger partial charge on any atom is 0.306 e. The molecule has 1 heterocycles. The van der Waals surface area contributed by atoms with E-state index in [2.05, 4.69) is 10.6 Å². The quantitative estimate of drug-likeness (QED) is 0.692. The summed E-state index contributed by atoms with van der Waals surface area (Å²) < 4.78 is 0. The Balaban J connectivity index is 1.66. The molecule has 1 aliphatic heterocycles. The van der Waals surface area contributed by atoms with Gasteiger partial charge in [-0.1, -0.05) is 12.8 Å². The highest BCUT2D eigenvalue weighted by Crippen LogP contribution is 2.29. The molecule has 0 aromatic carbocycles. The number of hydrogen-bond acceptors (Lipinski definition) is 4. The summed E-state index contributed by atoms with van der Waals surface area (Å²) in [5, 5.41) is 16.1. The van der Waals surface area contributed by atoms with Crippen molar-refractivity contribution in [2.45, 2.75) is 43.8 Å². The Morgan fingerprint density at radius 3 is 2.57 bits per heavy atom. The molecule has 0 bridgehead atoms. The Morgan fingerprint density at radius 1 is 1.14 bits per heavy atom. The molecule has 2 unspecified atom stereocenters. The highest BCUT2D eigenvalue weighted by atomic mass is 32.2. The summed E-state index contributed by atoms with van der Waals surface area (Å²) in [5.41, 5.74) is 0. The highest BCUT2D eigenvalue weighted by Gasteiger charge is 2.30. The standard InChI is InChI=1S/C15H26N2O3S/c18-14(10-21-12-5-7-16-8-6-12)17-9-11-3-1-2-4-13(11)15(19)20/h11-13,16H,1-10H2,(H,17,18)(H,19,20). The minimum atomic E-state index is -0.710. The fraction of sp³-hybridized carbons (Fsp3) is 0.867. The number of piperidine rings is 1. The van der Waals surface area contributed by atoms with Gasteiger partial charge in [0.1, 0.15) is 0 Å². The number of carboxylic acid groups (broad SMARTS) is 1. The number of carbonyl (C=O) groups excluding carboxylic acids is 1. The van der Waals surface area contributed by atoms with Crippen LogP contribution in [0.4, 0.5) is 0 Å². The largest absolute Gasteiger partial charge is 0.481 e. The molecule has 1 saturated heterocycles. The van der Waals surface area contributed by atoms with Crippen LogP contribution >= 0.6 is 11.8 Å². The van der Waals surface area contributed by atoms with Gasteiger partial charge in [0.15, 0.2) is 0 Å². The van der Waals surface area contributed by atoms with Gasteiger partial charge in [0, 0.05) is 11.8 Å². The van der Waals surface area contributed by atoms with Crippen LogP contribution in [0.2, 0.25) is 0 Å². The molecular formula is C15H26N2O3S. The van der Waals surface area contributed by atoms with Crippen molar-refractivity contribution < 1.29 is 14.7 Å². The van der Waals surface area contributed by atoms with Crippen molar-refractivity contribution >= 4 is 23.6 Å². The van der Waals surface area contributed by atoms with Crippen molar-refractivity contribution in [1.29, 1.82) is 0 Å². The lowest BCUT2D eigenvalue weighted by Crippen LogP contribution is -2.38. The van der Waals surface area contributed by atoms with Crippen LogP contribution in [-0.2, 0) is 9.59 Å². The Labute approximate surface area is 130 Å². The van der Waals surface area contributed by atoms with Crippen molar-refractivity contribution in [1.82, 2.24) is 10.6 Å². The second kappa shape index (κ2) is 8.63. The molecule has 0 spiro atoms. The van der Waals surface area contributed by atoms with E-state index in [9.17, 15) is 14.7 Å². The second-order valence-corrected chi connectivity index (χ2v) is 7.34. The number of carbonyl (C=O) groups is 2. The lowest BCUT2D eigenvalue weighted by Gasteiger charge is -2.28. The van der Waals surface area contributed by atoms with Gasteiger partial charge in [-0.05, 0) is 44.7 Å². The maximum absolute atomic E-state index is 11.9. The van der Waals surface area contributed by atoms with Crippen LogP contribution in [0.3, 0.4) is 0 Å². The third-order valence-corrected chi connectivity index (χ3v) is 5.90. The molecule has 0 aromatic rings. The van der Waals surface area contributed by atoms with Gasteiger partial charge >= 0.3 is 5.97 Å². The molecule has 2 rings (SSSR count). The molecule has 0 aromatic heterocycles. The molecule has 6 heteroatoms. The summed E-state index contributed by atoms with van der Waals surface area (Å²) in [6.45, 7) is 2.60. The predicted octanol–water partition coefficient (Wildman–Crippen LogP) is 1.48. The van der Waals surface area contributed by atoms with E-state index in [0.717, 1.165) is 51.6 Å². The van der Waals surface area contributed by atoms with Crippen LogP contribution < -0.4 is 10.6 Å². The van der Waals surface area contributed by atoms with Crippen molar-refractivity contribution in [2.75, 3.05) is 25.4 Å². The first-order chi connectivity index (χ1) is 10.2. The zero-order chi connectivity index (χ0) is 15.1. The van der Waals surface area contributed by atoms with Crippen LogP contribution in [0.1, 0.15) is 38.5 Å². The minimum Gasteiger partial charge on any atom is -0.481 e. The van der Waals surface area contributed by atoms with E-state index < -0.39 is 5.97 Å². The molecule has 1 amide bonds. The Morgan fingerprint density at radius 2 is 1.86 bits per heavy atom. The van der Waals surface area contributed by atoms with E-state index in [-0.39, 0.29) is 17.7 Å². The number of aliphatic carboxylic acids is 1. The van der Waals surface area contributed by atoms with E-state index in [1.807, 2.05) is 0 Å². The molecule has 3 N–H and O–H groups in total. The molecule has 2 fully saturated rings. The fourth-order valence-corrected chi connectivity index (χ4v) is 4.29. The van der Waals surface area contributed by atoms with E-state index in [0.29, 0.717) is 17.5 Å². The van der Waals surface area contributed by atoms with Crippen molar-refractivity contribution in [3.05, 3.63) is 0 Å². The Bertz CT molecular complexity index is 359. The van der Waals surface area contributed by atoms with Gasteiger partial charge in [-0.25, -0.2) is 0 Å². The first kappa shape index (κ1) is 16.6. The van der Waals surface area contributed by atoms with Crippen LogP contribution in [-0.4, -0.2) is 47.6 Å². The SMILES string of the molecule is O=C(CSC1CCNCC1)NCC1CCCCC1C(=O)O. The molecule has 2 aliphatic rings. The van der Waals surface area contributed by atoms with E-state index in [4.69, 9.17) is 0 Å². The highest BCUT2D eigenvalue weighted by molar-refractivity contribution is 8.00. The first-order valence-electron chi connectivity index (χ1n) is 7.98. The molecular weight excluding hydrogens is 288 g/mol. The summed E-state index contributed by atoms with van der Waals surface area (Å²) in [4.78, 5) is 23.1. The van der Waals surface area contributed by atoms with E-state index >= 15 is 0 Å². The first-order valence-corrected chi connectivity index (χ1v) is 9.03. The van der Waals surface area contributed by atoms with Crippen LogP contribution in [0.5, 0.6) is 0 Å². The number of carboxylic acids is 1. The van der Waals surface area contributed by atoms with E-state index in [1.165, 1.54) is 0 Å². The topological polar surface area (TPSA) is 78.4 Å². The zero-order valence-electron chi connectivity index (χ0n) is 12.5. The van der Waals surface area contributed by atoms with Gasteiger partial charge in [0.2, 0.25) is 5.91 Å². The number of nitrogens with one attached hydrogen (secondary N) is 2. The van der Waals surface area contributed by atoms with Crippen molar-refractivity contribution in [3.8, 4) is 0 Å². The monoisotopic (exact) mass is 314 g/mol. The summed E-state index contributed by atoms with van der Waals surface area (Å²) in [6, 6.07) is 0. The molecule has 120 valence electrons. The summed E-state index contributed by atoms with van der Waals surface area (Å²) in [6.07, 6.45) is 5.99. The average Bonchev–Trinajstić information content (AvgIpc) is 2.52. The van der Waals surface area contributed by atoms with Gasteiger partial charge in [-0.3, -0.25) is 9.59 Å². The van der Waals surface area contributed by atoms with Gasteiger partial charge in [-0.15, -0.1) is 11.8 Å². The third-order valence-electron chi connectivity index (χ3n) is 4.52. The number of hydrogen-bond donors (Lipinski definition) is 3. The molecule has 21 heavy (non-hydrogen) atoms. The van der Waals surface area contributed by atoms with Crippen LogP contribution in [0.25, 0.3) is 0 Å². The molecule has 2 atom stereocenters. The van der Waals surface area contributed by atoms with Gasteiger partial charge < -0.3 is 15.7 Å². The molecule has 1 saturated carbocycles. The number of thioether (sulfide) groups is 1. The second-order valence-electron chi connectivity index (χ2n) is 6.05. The van der Waals surface area contributed by atoms with Crippen molar-refractivity contribution in [3.63, 3.8) is 0 Å². The zero-order valence-corrected chi connectivity index (χ0v) is 13.3. The molecule has 0 radical (unpaired) electrons. The van der Waals surface area contributed by atoms with Crippen molar-refractivity contribution in [2.24, 2.45) is 11.8 Å². The molecule has 1 aliphatic carbocycles. The average molecular weight is 314 g/mol. The van der Waals surface area contributed by atoms with E-state index in [1.54, 1.807) is 11.8 Å². The van der Waals surface area contributed by atoms with Gasteiger partial charge in [-0.2, -0.15) is 0 Å². The lowest BCUT2D eigenvalue weighted by molar-refractivity contribution is -0.145.